The summed E-state index contributed by atoms with van der Waals surface area (Å²) in [5.74, 6) is 1.45. The van der Waals surface area contributed by atoms with Gasteiger partial charge in [0.15, 0.2) is 19.8 Å². The van der Waals surface area contributed by atoms with E-state index in [0.29, 0.717) is 13.2 Å². The number of methoxy groups -OCH3 is 1. The molecule has 0 radical (unpaired) electrons. The van der Waals surface area contributed by atoms with E-state index in [1.54, 1.807) is 7.11 Å². The lowest BCUT2D eigenvalue weighted by atomic mass is 9.75. The highest BCUT2D eigenvalue weighted by atomic mass is 28.4. The van der Waals surface area contributed by atoms with E-state index >= 15 is 0 Å². The smallest absolute Gasteiger partial charge is 0.490 e. The van der Waals surface area contributed by atoms with Crippen LogP contribution in [0, 0.1) is 0 Å². The van der Waals surface area contributed by atoms with Gasteiger partial charge in [-0.25, -0.2) is 0 Å². The van der Waals surface area contributed by atoms with E-state index in [1.165, 1.54) is 0 Å². The van der Waals surface area contributed by atoms with E-state index in [1.807, 2.05) is 30.6 Å². The number of rotatable bonds is 10. The summed E-state index contributed by atoms with van der Waals surface area (Å²) in [6.45, 7) is 24.9. The molecule has 214 valence electrons. The second kappa shape index (κ2) is 11.8. The normalized spacial score (nSPS) is 17.7. The van der Waals surface area contributed by atoms with Crippen molar-refractivity contribution < 1.29 is 23.2 Å². The molecule has 0 unspecified atom stereocenters. The SMILES string of the molecule is CCCOc1cc(-c2cncc(/C(CO[Si](C)(C)C(C)(C)C)=C(\C)B3OC(C)(C)C(C)(C)O3)c2)ccc1OC. The van der Waals surface area contributed by atoms with Gasteiger partial charge >= 0.3 is 7.12 Å². The van der Waals surface area contributed by atoms with Gasteiger partial charge < -0.3 is 23.2 Å². The van der Waals surface area contributed by atoms with Gasteiger partial charge in [0.25, 0.3) is 0 Å². The van der Waals surface area contributed by atoms with E-state index < -0.39 is 26.6 Å². The zero-order valence-corrected chi connectivity index (χ0v) is 27.2. The van der Waals surface area contributed by atoms with Crippen molar-refractivity contribution >= 4 is 21.0 Å². The maximum Gasteiger partial charge on any atom is 0.490 e. The summed E-state index contributed by atoms with van der Waals surface area (Å²) < 4.78 is 31.1. The molecule has 0 saturated carbocycles. The molecular formula is C31H48BNO5Si. The zero-order chi connectivity index (χ0) is 29.2. The largest absolute Gasteiger partial charge is 0.493 e. The fourth-order valence-electron chi connectivity index (χ4n) is 4.00. The number of allylic oxidation sites excluding steroid dienone is 1. The fraction of sp³-hybridized carbons (Fsp3) is 0.581. The Labute approximate surface area is 237 Å². The maximum atomic E-state index is 6.74. The molecule has 3 rings (SSSR count). The van der Waals surface area contributed by atoms with E-state index in [4.69, 9.17) is 23.2 Å². The van der Waals surface area contributed by atoms with Crippen LogP contribution in [0.2, 0.25) is 18.1 Å². The molecular weight excluding hydrogens is 505 g/mol. The summed E-state index contributed by atoms with van der Waals surface area (Å²) in [6.07, 6.45) is 4.71. The first kappa shape index (κ1) is 31.4. The summed E-state index contributed by atoms with van der Waals surface area (Å²) in [5.41, 5.74) is 4.18. The maximum absolute atomic E-state index is 6.74. The predicted molar refractivity (Wildman–Crippen MR) is 164 cm³/mol. The van der Waals surface area contributed by atoms with Crippen molar-refractivity contribution in [2.75, 3.05) is 20.3 Å². The number of aromatic nitrogens is 1. The molecule has 2 aromatic rings. The average Bonchev–Trinajstić information content (AvgIpc) is 3.08. The molecule has 1 aliphatic heterocycles. The third-order valence-corrected chi connectivity index (χ3v) is 13.0. The third kappa shape index (κ3) is 6.96. The first-order valence-corrected chi connectivity index (χ1v) is 16.9. The predicted octanol–water partition coefficient (Wildman–Crippen LogP) is 7.97. The van der Waals surface area contributed by atoms with Crippen molar-refractivity contribution in [1.82, 2.24) is 4.98 Å². The van der Waals surface area contributed by atoms with E-state index in [-0.39, 0.29) is 5.04 Å². The number of nitrogens with zero attached hydrogens (tertiary/aromatic N) is 1. The molecule has 0 spiro atoms. The van der Waals surface area contributed by atoms with Gasteiger partial charge in [-0.05, 0) is 99.5 Å². The van der Waals surface area contributed by atoms with Crippen LogP contribution in [0.3, 0.4) is 0 Å². The van der Waals surface area contributed by atoms with Crippen molar-refractivity contribution in [3.05, 3.63) is 47.7 Å². The fourth-order valence-corrected chi connectivity index (χ4v) is 4.94. The van der Waals surface area contributed by atoms with Gasteiger partial charge in [0, 0.05) is 18.0 Å². The van der Waals surface area contributed by atoms with Crippen LogP contribution in [0.5, 0.6) is 11.5 Å². The number of hydrogen-bond donors (Lipinski definition) is 0. The summed E-state index contributed by atoms with van der Waals surface area (Å²) in [5, 5.41) is 0.0917. The van der Waals surface area contributed by atoms with Gasteiger partial charge in [-0.3, -0.25) is 4.98 Å². The first-order valence-electron chi connectivity index (χ1n) is 14.0. The molecule has 0 bridgehead atoms. The molecule has 1 aromatic carbocycles. The van der Waals surface area contributed by atoms with Gasteiger partial charge in [-0.1, -0.05) is 33.8 Å². The topological polar surface area (TPSA) is 59.0 Å². The molecule has 0 aliphatic carbocycles. The van der Waals surface area contributed by atoms with Gasteiger partial charge in [0.2, 0.25) is 0 Å². The molecule has 1 aromatic heterocycles. The summed E-state index contributed by atoms with van der Waals surface area (Å²) in [7, 11) is -0.823. The van der Waals surface area contributed by atoms with Crippen LogP contribution in [-0.2, 0) is 13.7 Å². The molecule has 2 heterocycles. The standard InChI is InChI=1S/C31H48BNO5Si/c1-13-16-35-28-18-23(14-15-27(28)34-10)24-17-25(20-33-19-24)26(21-36-39(11,12)29(3,4)5)22(2)32-37-30(6,7)31(8,9)38-32/h14-15,17-20H,13,16,21H2,1-12H3/b26-22+. The van der Waals surface area contributed by atoms with E-state index in [9.17, 15) is 0 Å². The van der Waals surface area contributed by atoms with Crippen LogP contribution >= 0.6 is 0 Å². The van der Waals surface area contributed by atoms with E-state index in [0.717, 1.165) is 45.7 Å². The zero-order valence-electron chi connectivity index (χ0n) is 26.2. The minimum absolute atomic E-state index is 0.0917. The Balaban J connectivity index is 2.07. The molecule has 0 atom stereocenters. The third-order valence-electron chi connectivity index (χ3n) is 8.51. The second-order valence-electron chi connectivity index (χ2n) is 13.0. The minimum atomic E-state index is -2.02. The van der Waals surface area contributed by atoms with Gasteiger partial charge in [-0.15, -0.1) is 0 Å². The highest BCUT2D eigenvalue weighted by Gasteiger charge is 2.52. The lowest BCUT2D eigenvalue weighted by molar-refractivity contribution is 0.00578. The summed E-state index contributed by atoms with van der Waals surface area (Å²) in [6, 6.07) is 8.17. The number of hydrogen-bond acceptors (Lipinski definition) is 6. The van der Waals surface area contributed by atoms with Crippen LogP contribution in [-0.4, -0.2) is 51.9 Å². The van der Waals surface area contributed by atoms with Crippen LogP contribution < -0.4 is 9.47 Å². The monoisotopic (exact) mass is 553 g/mol. The second-order valence-corrected chi connectivity index (χ2v) is 17.8. The van der Waals surface area contributed by atoms with Gasteiger partial charge in [-0.2, -0.15) is 0 Å². The Morgan fingerprint density at radius 3 is 2.18 bits per heavy atom. The molecule has 1 saturated heterocycles. The van der Waals surface area contributed by atoms with Crippen LogP contribution in [0.1, 0.15) is 74.3 Å². The Kier molecular flexibility index (Phi) is 9.48. The molecule has 8 heteroatoms. The summed E-state index contributed by atoms with van der Waals surface area (Å²) in [4.78, 5) is 4.64. The Bertz CT molecular complexity index is 1170. The molecule has 0 N–H and O–H groups in total. The van der Waals surface area contributed by atoms with Crippen molar-refractivity contribution in [3.63, 3.8) is 0 Å². The first-order chi connectivity index (χ1) is 18.0. The number of benzene rings is 1. The molecule has 39 heavy (non-hydrogen) atoms. The molecule has 6 nitrogen and oxygen atoms in total. The Morgan fingerprint density at radius 2 is 1.62 bits per heavy atom. The lowest BCUT2D eigenvalue weighted by Gasteiger charge is -2.36. The highest BCUT2D eigenvalue weighted by molar-refractivity contribution is 6.74. The Morgan fingerprint density at radius 1 is 0.974 bits per heavy atom. The average molecular weight is 554 g/mol. The van der Waals surface area contributed by atoms with Crippen molar-refractivity contribution in [1.29, 1.82) is 0 Å². The van der Waals surface area contributed by atoms with Crippen LogP contribution in [0.15, 0.2) is 42.1 Å². The lowest BCUT2D eigenvalue weighted by Crippen LogP contribution is -2.41. The van der Waals surface area contributed by atoms with Crippen LogP contribution in [0.4, 0.5) is 0 Å². The van der Waals surface area contributed by atoms with Crippen LogP contribution in [0.25, 0.3) is 16.7 Å². The number of pyridine rings is 1. The minimum Gasteiger partial charge on any atom is -0.493 e. The summed E-state index contributed by atoms with van der Waals surface area (Å²) >= 11 is 0. The number of ether oxygens (including phenoxy) is 2. The quantitative estimate of drug-likeness (QED) is 0.278. The van der Waals surface area contributed by atoms with Crippen molar-refractivity contribution in [2.45, 2.75) is 98.1 Å². The molecule has 1 aliphatic rings. The van der Waals surface area contributed by atoms with E-state index in [2.05, 4.69) is 86.5 Å². The highest BCUT2D eigenvalue weighted by Crippen LogP contribution is 2.42. The molecule has 1 fully saturated rings. The van der Waals surface area contributed by atoms with Crippen molar-refractivity contribution in [2.24, 2.45) is 0 Å². The van der Waals surface area contributed by atoms with Gasteiger partial charge in [0.1, 0.15) is 0 Å². The van der Waals surface area contributed by atoms with Crippen molar-refractivity contribution in [3.8, 4) is 22.6 Å². The Hall–Kier alpha value is -2.13. The van der Waals surface area contributed by atoms with Gasteiger partial charge in [0.05, 0.1) is 31.5 Å². The molecule has 0 amide bonds.